The topological polar surface area (TPSA) is 58.2 Å². The summed E-state index contributed by atoms with van der Waals surface area (Å²) in [7, 11) is -3.31. The molecule has 0 saturated carbocycles. The minimum atomic E-state index is -3.31. The van der Waals surface area contributed by atoms with Crippen molar-refractivity contribution in [3.8, 4) is 0 Å². The Balaban J connectivity index is 2.16. The molecule has 20 heavy (non-hydrogen) atoms. The molecule has 0 amide bonds. The van der Waals surface area contributed by atoms with Crippen molar-refractivity contribution in [2.24, 2.45) is 0 Å². The second kappa shape index (κ2) is 5.74. The molecule has 5 heteroatoms. The third-order valence-corrected chi connectivity index (χ3v) is 4.96. The van der Waals surface area contributed by atoms with Crippen molar-refractivity contribution in [3.63, 3.8) is 0 Å². The fourth-order valence-electron chi connectivity index (χ4n) is 2.60. The van der Waals surface area contributed by atoms with Crippen LogP contribution in [0.1, 0.15) is 39.2 Å². The van der Waals surface area contributed by atoms with Gasteiger partial charge in [-0.15, -0.1) is 0 Å². The molecule has 1 saturated heterocycles. The number of hydrogen-bond acceptors (Lipinski definition) is 3. The van der Waals surface area contributed by atoms with Crippen LogP contribution in [0.3, 0.4) is 0 Å². The van der Waals surface area contributed by atoms with Crippen molar-refractivity contribution in [1.82, 2.24) is 5.32 Å². The normalized spacial score (nSPS) is 20.1. The lowest BCUT2D eigenvalue weighted by molar-refractivity contribution is 0.579. The quantitative estimate of drug-likeness (QED) is 0.897. The molecule has 0 radical (unpaired) electrons. The fourth-order valence-corrected chi connectivity index (χ4v) is 4.01. The van der Waals surface area contributed by atoms with Gasteiger partial charge >= 0.3 is 0 Å². The fraction of sp³-hybridized carbons (Fsp3) is 0.600. The lowest BCUT2D eigenvalue weighted by atomic mass is 9.86. The molecule has 0 spiro atoms. The second-order valence-electron chi connectivity index (χ2n) is 6.47. The Kier molecular flexibility index (Phi) is 4.39. The van der Waals surface area contributed by atoms with Gasteiger partial charge in [0.1, 0.15) is 0 Å². The summed E-state index contributed by atoms with van der Waals surface area (Å²) in [6, 6.07) is 7.69. The van der Waals surface area contributed by atoms with Crippen LogP contribution >= 0.6 is 0 Å². The summed E-state index contributed by atoms with van der Waals surface area (Å²) >= 11 is 0. The molecule has 1 aliphatic rings. The lowest BCUT2D eigenvalue weighted by Gasteiger charge is -2.23. The van der Waals surface area contributed by atoms with E-state index in [9.17, 15) is 8.42 Å². The van der Waals surface area contributed by atoms with Gasteiger partial charge in [0, 0.05) is 6.04 Å². The van der Waals surface area contributed by atoms with Crippen molar-refractivity contribution in [1.29, 1.82) is 0 Å². The largest absolute Gasteiger partial charge is 0.313 e. The standard InChI is InChI=1S/C15H24N2O2S/c1-15(2,3)13-8-4-5-9-14(13)17-20(18,19)11-12-7-6-10-16-12/h4-5,8-9,12,16-17H,6-7,10-11H2,1-3H3. The van der Waals surface area contributed by atoms with Crippen molar-refractivity contribution in [2.45, 2.75) is 45.1 Å². The molecule has 112 valence electrons. The summed E-state index contributed by atoms with van der Waals surface area (Å²) in [5, 5.41) is 3.22. The molecule has 4 nitrogen and oxygen atoms in total. The van der Waals surface area contributed by atoms with Gasteiger partial charge in [0.15, 0.2) is 0 Å². The van der Waals surface area contributed by atoms with Crippen LogP contribution in [-0.2, 0) is 15.4 Å². The van der Waals surface area contributed by atoms with Gasteiger partial charge in [-0.3, -0.25) is 4.72 Å². The Bertz CT molecular complexity index is 555. The van der Waals surface area contributed by atoms with Gasteiger partial charge in [0.25, 0.3) is 0 Å². The van der Waals surface area contributed by atoms with E-state index in [1.54, 1.807) is 0 Å². The molecule has 1 fully saturated rings. The third-order valence-electron chi connectivity index (χ3n) is 3.58. The summed E-state index contributed by atoms with van der Waals surface area (Å²) in [6.45, 7) is 7.16. The van der Waals surface area contributed by atoms with E-state index in [1.165, 1.54) is 0 Å². The highest BCUT2D eigenvalue weighted by Crippen LogP contribution is 2.30. The molecule has 0 aliphatic carbocycles. The number of para-hydroxylation sites is 1. The minimum Gasteiger partial charge on any atom is -0.313 e. The number of anilines is 1. The van der Waals surface area contributed by atoms with Crippen molar-refractivity contribution in [2.75, 3.05) is 17.0 Å². The Morgan fingerprint density at radius 1 is 1.30 bits per heavy atom. The highest BCUT2D eigenvalue weighted by Gasteiger charge is 2.24. The predicted octanol–water partition coefficient (Wildman–Crippen LogP) is 2.48. The van der Waals surface area contributed by atoms with Gasteiger partial charge in [-0.05, 0) is 36.4 Å². The molecule has 1 aromatic rings. The van der Waals surface area contributed by atoms with Crippen LogP contribution in [0.25, 0.3) is 0 Å². The Hall–Kier alpha value is -1.07. The Morgan fingerprint density at radius 2 is 2.00 bits per heavy atom. The molecule has 2 N–H and O–H groups in total. The first-order valence-corrected chi connectivity index (χ1v) is 8.76. The van der Waals surface area contributed by atoms with Crippen LogP contribution in [0, 0.1) is 0 Å². The van der Waals surface area contributed by atoms with Gasteiger partial charge < -0.3 is 5.32 Å². The SMILES string of the molecule is CC(C)(C)c1ccccc1NS(=O)(=O)CC1CCCN1. The van der Waals surface area contributed by atoms with Crippen LogP contribution in [0.5, 0.6) is 0 Å². The van der Waals surface area contributed by atoms with Crippen LogP contribution in [0.15, 0.2) is 24.3 Å². The van der Waals surface area contributed by atoms with E-state index < -0.39 is 10.0 Å². The van der Waals surface area contributed by atoms with E-state index >= 15 is 0 Å². The van der Waals surface area contributed by atoms with Gasteiger partial charge in [-0.25, -0.2) is 8.42 Å². The monoisotopic (exact) mass is 296 g/mol. The van der Waals surface area contributed by atoms with Gasteiger partial charge in [-0.1, -0.05) is 39.0 Å². The van der Waals surface area contributed by atoms with Crippen LogP contribution in [-0.4, -0.2) is 26.8 Å². The highest BCUT2D eigenvalue weighted by atomic mass is 32.2. The molecule has 0 bridgehead atoms. The summed E-state index contributed by atoms with van der Waals surface area (Å²) in [5.41, 5.74) is 1.62. The van der Waals surface area contributed by atoms with E-state index in [4.69, 9.17) is 0 Å². The van der Waals surface area contributed by atoms with Gasteiger partial charge in [0.2, 0.25) is 10.0 Å². The zero-order valence-corrected chi connectivity index (χ0v) is 13.3. The van der Waals surface area contributed by atoms with E-state index in [0.29, 0.717) is 5.69 Å². The smallest absolute Gasteiger partial charge is 0.234 e. The second-order valence-corrected chi connectivity index (χ2v) is 8.24. The summed E-state index contributed by atoms with van der Waals surface area (Å²) in [6.07, 6.45) is 1.99. The molecular formula is C15H24N2O2S. The molecule has 1 aromatic carbocycles. The maximum atomic E-state index is 12.3. The van der Waals surface area contributed by atoms with Crippen LogP contribution < -0.4 is 10.0 Å². The summed E-state index contributed by atoms with van der Waals surface area (Å²) < 4.78 is 27.3. The highest BCUT2D eigenvalue weighted by molar-refractivity contribution is 7.92. The number of sulfonamides is 1. The van der Waals surface area contributed by atoms with E-state index in [2.05, 4.69) is 30.8 Å². The predicted molar refractivity (Wildman–Crippen MR) is 83.6 cm³/mol. The molecule has 1 unspecified atom stereocenters. The minimum absolute atomic E-state index is 0.0781. The average Bonchev–Trinajstić information content (AvgIpc) is 2.79. The number of hydrogen-bond donors (Lipinski definition) is 2. The zero-order chi connectivity index (χ0) is 14.8. The van der Waals surface area contributed by atoms with Gasteiger partial charge in [0.05, 0.1) is 11.4 Å². The van der Waals surface area contributed by atoms with Crippen molar-refractivity contribution in [3.05, 3.63) is 29.8 Å². The first-order chi connectivity index (χ1) is 9.28. The first kappa shape index (κ1) is 15.3. The lowest BCUT2D eigenvalue weighted by Crippen LogP contribution is -2.33. The Labute approximate surface area is 122 Å². The molecule has 1 heterocycles. The molecule has 1 atom stereocenters. The van der Waals surface area contributed by atoms with Crippen molar-refractivity contribution < 1.29 is 8.42 Å². The Morgan fingerprint density at radius 3 is 2.60 bits per heavy atom. The number of nitrogens with one attached hydrogen (secondary N) is 2. The number of benzene rings is 1. The summed E-state index contributed by atoms with van der Waals surface area (Å²) in [4.78, 5) is 0. The number of rotatable bonds is 4. The molecular weight excluding hydrogens is 272 g/mol. The van der Waals surface area contributed by atoms with Crippen molar-refractivity contribution >= 4 is 15.7 Å². The maximum Gasteiger partial charge on any atom is 0.234 e. The molecule has 1 aliphatic heterocycles. The van der Waals surface area contributed by atoms with E-state index in [-0.39, 0.29) is 17.2 Å². The van der Waals surface area contributed by atoms with Gasteiger partial charge in [-0.2, -0.15) is 0 Å². The summed E-state index contributed by atoms with van der Waals surface area (Å²) in [5.74, 6) is 0.144. The van der Waals surface area contributed by atoms with Crippen LogP contribution in [0.4, 0.5) is 5.69 Å². The maximum absolute atomic E-state index is 12.3. The average molecular weight is 296 g/mol. The third kappa shape index (κ3) is 3.96. The molecule has 0 aromatic heterocycles. The van der Waals surface area contributed by atoms with E-state index in [1.807, 2.05) is 24.3 Å². The first-order valence-electron chi connectivity index (χ1n) is 7.11. The zero-order valence-electron chi connectivity index (χ0n) is 12.4. The van der Waals surface area contributed by atoms with Crippen LogP contribution in [0.2, 0.25) is 0 Å². The van der Waals surface area contributed by atoms with E-state index in [0.717, 1.165) is 24.9 Å². The molecule has 2 rings (SSSR count).